The van der Waals surface area contributed by atoms with Crippen LogP contribution in [0, 0.1) is 5.82 Å². The highest BCUT2D eigenvalue weighted by atomic mass is 35.5. The predicted octanol–water partition coefficient (Wildman–Crippen LogP) is 5.52. The highest BCUT2D eigenvalue weighted by Crippen LogP contribution is 2.31. The normalized spacial score (nSPS) is 18.6. The number of hydrogen-bond donors (Lipinski definition) is 3. The molecule has 0 bridgehead atoms. The summed E-state index contributed by atoms with van der Waals surface area (Å²) in [6.07, 6.45) is 3.52. The number of nitrogens with zero attached hydrogens (tertiary/aromatic N) is 4. The molecule has 0 unspecified atom stereocenters. The third kappa shape index (κ3) is 6.98. The monoisotopic (exact) mass is 685 g/mol. The Labute approximate surface area is 287 Å². The number of phenols is 2. The summed E-state index contributed by atoms with van der Waals surface area (Å²) in [5.74, 6) is -0.335. The van der Waals surface area contributed by atoms with Gasteiger partial charge in [-0.25, -0.2) is 18.7 Å². The van der Waals surface area contributed by atoms with E-state index < -0.39 is 23.1 Å². The lowest BCUT2D eigenvalue weighted by molar-refractivity contribution is 0.0342. The third-order valence-electron chi connectivity index (χ3n) is 9.58. The Balaban J connectivity index is 1.22. The van der Waals surface area contributed by atoms with Gasteiger partial charge in [-0.15, -0.1) is 0 Å². The minimum Gasteiger partial charge on any atom is -0.508 e. The second-order valence-electron chi connectivity index (χ2n) is 12.8. The van der Waals surface area contributed by atoms with Crippen molar-refractivity contribution in [2.45, 2.75) is 50.9 Å². The van der Waals surface area contributed by atoms with E-state index in [2.05, 4.69) is 15.2 Å². The fourth-order valence-corrected chi connectivity index (χ4v) is 7.23. The molecule has 12 heteroatoms. The van der Waals surface area contributed by atoms with Gasteiger partial charge in [0.25, 0.3) is 5.56 Å². The van der Waals surface area contributed by atoms with Crippen LogP contribution in [0.15, 0.2) is 82.5 Å². The summed E-state index contributed by atoms with van der Waals surface area (Å²) < 4.78 is 22.7. The lowest BCUT2D eigenvalue weighted by atomic mass is 9.90. The fraction of sp³-hybridized carbons (Fsp3) is 0.324. The molecule has 3 aromatic carbocycles. The molecule has 3 N–H and O–H groups in total. The Hall–Kier alpha value is -4.55. The van der Waals surface area contributed by atoms with Crippen molar-refractivity contribution in [2.75, 3.05) is 26.3 Å². The van der Waals surface area contributed by atoms with Gasteiger partial charge in [-0.1, -0.05) is 29.8 Å². The maximum absolute atomic E-state index is 14.5. The van der Waals surface area contributed by atoms with Crippen LogP contribution in [0.1, 0.15) is 42.9 Å². The first kappa shape index (κ1) is 33.0. The van der Waals surface area contributed by atoms with E-state index in [1.807, 2.05) is 24.3 Å². The molecule has 1 aliphatic carbocycles. The molecule has 0 amide bonds. The lowest BCUT2D eigenvalue weighted by Crippen LogP contribution is -2.44. The van der Waals surface area contributed by atoms with Crippen molar-refractivity contribution in [1.29, 1.82) is 0 Å². The number of benzene rings is 3. The average Bonchev–Trinajstić information content (AvgIpc) is 3.10. The van der Waals surface area contributed by atoms with Crippen molar-refractivity contribution >= 4 is 22.6 Å². The van der Waals surface area contributed by atoms with Gasteiger partial charge in [0.1, 0.15) is 17.3 Å². The number of pyridine rings is 1. The largest absolute Gasteiger partial charge is 0.508 e. The Morgan fingerprint density at radius 3 is 2.53 bits per heavy atom. The van der Waals surface area contributed by atoms with E-state index in [1.54, 1.807) is 36.4 Å². The molecule has 3 heterocycles. The van der Waals surface area contributed by atoms with Crippen molar-refractivity contribution in [1.82, 2.24) is 24.3 Å². The molecule has 1 saturated carbocycles. The second-order valence-corrected chi connectivity index (χ2v) is 13.2. The van der Waals surface area contributed by atoms with Gasteiger partial charge in [0, 0.05) is 48.8 Å². The zero-order chi connectivity index (χ0) is 34.1. The maximum atomic E-state index is 14.5. The molecule has 1 saturated heterocycles. The number of morpholine rings is 1. The number of aromatic hydroxyl groups is 2. The van der Waals surface area contributed by atoms with E-state index in [-0.39, 0.29) is 28.6 Å². The Bertz CT molecular complexity index is 2120. The molecule has 10 nitrogen and oxygen atoms in total. The van der Waals surface area contributed by atoms with E-state index in [9.17, 15) is 24.2 Å². The number of fused-ring (bicyclic) bond motifs is 1. The molecule has 49 heavy (non-hydrogen) atoms. The van der Waals surface area contributed by atoms with Crippen LogP contribution in [0.25, 0.3) is 27.8 Å². The van der Waals surface area contributed by atoms with Crippen LogP contribution in [0.2, 0.25) is 5.02 Å². The number of ether oxygens (including phenoxy) is 1. The van der Waals surface area contributed by atoms with Crippen LogP contribution in [0.4, 0.5) is 4.39 Å². The maximum Gasteiger partial charge on any atom is 0.337 e. The van der Waals surface area contributed by atoms with E-state index in [4.69, 9.17) is 16.3 Å². The van der Waals surface area contributed by atoms with Crippen LogP contribution < -0.4 is 16.6 Å². The quantitative estimate of drug-likeness (QED) is 0.195. The second kappa shape index (κ2) is 14.1. The highest BCUT2D eigenvalue weighted by molar-refractivity contribution is 6.30. The first-order chi connectivity index (χ1) is 23.7. The molecule has 5 aromatic rings. The number of hydrogen-bond acceptors (Lipinski definition) is 8. The van der Waals surface area contributed by atoms with Gasteiger partial charge < -0.3 is 20.3 Å². The van der Waals surface area contributed by atoms with Crippen LogP contribution in [0.5, 0.6) is 11.5 Å². The Kier molecular flexibility index (Phi) is 9.50. The fourth-order valence-electron chi connectivity index (χ4n) is 7.03. The average molecular weight is 686 g/mol. The highest BCUT2D eigenvalue weighted by Gasteiger charge is 2.27. The van der Waals surface area contributed by atoms with Crippen LogP contribution >= 0.6 is 11.6 Å². The first-order valence-corrected chi connectivity index (χ1v) is 16.9. The summed E-state index contributed by atoms with van der Waals surface area (Å²) in [6.45, 7) is 3.90. The number of halogens is 2. The summed E-state index contributed by atoms with van der Waals surface area (Å²) in [4.78, 5) is 34.7. The van der Waals surface area contributed by atoms with Crippen LogP contribution in [-0.4, -0.2) is 61.6 Å². The molecule has 2 fully saturated rings. The zero-order valence-electron chi connectivity index (χ0n) is 26.8. The van der Waals surface area contributed by atoms with Crippen molar-refractivity contribution in [3.63, 3.8) is 0 Å². The van der Waals surface area contributed by atoms with Gasteiger partial charge in [-0.05, 0) is 90.9 Å². The predicted molar refractivity (Wildman–Crippen MR) is 186 cm³/mol. The Morgan fingerprint density at radius 2 is 1.73 bits per heavy atom. The van der Waals surface area contributed by atoms with Crippen LogP contribution in [0.3, 0.4) is 0 Å². The topological polar surface area (TPSA) is 122 Å². The lowest BCUT2D eigenvalue weighted by Gasteiger charge is -2.30. The van der Waals surface area contributed by atoms with Gasteiger partial charge in [0.05, 0.1) is 30.5 Å². The van der Waals surface area contributed by atoms with Crippen molar-refractivity contribution in [3.8, 4) is 28.3 Å². The number of aromatic nitrogens is 3. The van der Waals surface area contributed by atoms with E-state index in [1.165, 1.54) is 9.13 Å². The van der Waals surface area contributed by atoms with E-state index in [0.29, 0.717) is 68.3 Å². The first-order valence-electron chi connectivity index (χ1n) is 16.5. The van der Waals surface area contributed by atoms with Gasteiger partial charge in [-0.2, -0.15) is 0 Å². The third-order valence-corrected chi connectivity index (χ3v) is 9.81. The number of nitrogens with one attached hydrogen (secondary N) is 1. The number of phenolic OH excluding ortho intramolecular Hbond substituents is 2. The molecule has 2 aliphatic rings. The van der Waals surface area contributed by atoms with Gasteiger partial charge >= 0.3 is 5.69 Å². The summed E-state index contributed by atoms with van der Waals surface area (Å²) in [6, 6.07) is 18.5. The van der Waals surface area contributed by atoms with E-state index in [0.717, 1.165) is 42.0 Å². The molecule has 0 atom stereocenters. The molecular formula is C37H37ClFN5O5. The van der Waals surface area contributed by atoms with Gasteiger partial charge in [0.2, 0.25) is 0 Å². The number of rotatable bonds is 8. The van der Waals surface area contributed by atoms with Gasteiger partial charge in [0.15, 0.2) is 5.65 Å². The molecule has 0 spiro atoms. The molecule has 254 valence electrons. The minimum absolute atomic E-state index is 0.0272. The SMILES string of the molecule is O=c1c2cc(F)cnc2n(-c2cccc(-c3ccc(O)cc3CN3CCOCC3)c2)c(=O)n1C1CCC(NCc2cc(Cl)ccc2O)CC1. The van der Waals surface area contributed by atoms with Gasteiger partial charge in [-0.3, -0.25) is 14.3 Å². The summed E-state index contributed by atoms with van der Waals surface area (Å²) in [7, 11) is 0. The summed E-state index contributed by atoms with van der Waals surface area (Å²) in [5, 5.41) is 24.6. The van der Waals surface area contributed by atoms with E-state index >= 15 is 0 Å². The zero-order valence-corrected chi connectivity index (χ0v) is 27.6. The molecular weight excluding hydrogens is 649 g/mol. The summed E-state index contributed by atoms with van der Waals surface area (Å²) >= 11 is 6.11. The van der Waals surface area contributed by atoms with Crippen LogP contribution in [-0.2, 0) is 17.8 Å². The smallest absolute Gasteiger partial charge is 0.337 e. The van der Waals surface area contributed by atoms with Crippen molar-refractivity contribution in [3.05, 3.63) is 116 Å². The minimum atomic E-state index is -0.663. The molecule has 7 rings (SSSR count). The molecule has 0 radical (unpaired) electrons. The summed E-state index contributed by atoms with van der Waals surface area (Å²) in [5.41, 5.74) is 2.81. The molecule has 2 aromatic heterocycles. The molecule has 1 aliphatic heterocycles. The van der Waals surface area contributed by atoms with Crippen molar-refractivity contribution < 1.29 is 19.3 Å². The van der Waals surface area contributed by atoms with Crippen molar-refractivity contribution in [2.24, 2.45) is 0 Å². The standard InChI is InChI=1S/C37H37ClFN5O5/c38-26-4-11-34(46)24(16-26)20-40-28-5-7-29(8-6-28)44-36(47)33-19-27(39)21-41-35(33)43(37(44)48)30-3-1-2-23(17-30)32-10-9-31(45)18-25(32)22-42-12-14-49-15-13-42/h1-4,9-11,16-19,21,28-29,40,45-46H,5-8,12-15,20,22H2. The Morgan fingerprint density at radius 1 is 0.939 bits per heavy atom.